The summed E-state index contributed by atoms with van der Waals surface area (Å²) >= 11 is -0.0791. The Morgan fingerprint density at radius 3 is 2.76 bits per heavy atom. The van der Waals surface area contributed by atoms with Gasteiger partial charge in [-0.05, 0) is 42.8 Å². The van der Waals surface area contributed by atoms with Crippen LogP contribution in [0.2, 0.25) is 0 Å². The summed E-state index contributed by atoms with van der Waals surface area (Å²) in [6.45, 7) is 1.76. The van der Waals surface area contributed by atoms with Gasteiger partial charge in [0.2, 0.25) is 0 Å². The summed E-state index contributed by atoms with van der Waals surface area (Å²) < 4.78 is 34.0. The van der Waals surface area contributed by atoms with Crippen LogP contribution in [0.15, 0.2) is 61.1 Å². The number of fused-ring (bicyclic) bond motifs is 1. The minimum absolute atomic E-state index is 0.0791. The van der Waals surface area contributed by atoms with Crippen LogP contribution >= 0.6 is 12.3 Å². The Morgan fingerprint density at radius 1 is 1.24 bits per heavy atom. The van der Waals surface area contributed by atoms with E-state index in [1.165, 1.54) is 35.6 Å². The van der Waals surface area contributed by atoms with Crippen molar-refractivity contribution in [2.45, 2.75) is 13.0 Å². The molecule has 10 heteroatoms. The third-order valence-electron chi connectivity index (χ3n) is 5.52. The van der Waals surface area contributed by atoms with Crippen LogP contribution in [0.5, 0.6) is 5.75 Å². The van der Waals surface area contributed by atoms with Crippen molar-refractivity contribution in [3.63, 3.8) is 0 Å². The fraction of sp³-hybridized carbons (Fsp3) is 0.208. The van der Waals surface area contributed by atoms with Gasteiger partial charge in [0.1, 0.15) is 11.6 Å². The number of amides is 1. The largest absolute Gasteiger partial charge is 0.493 e. The number of carbonyl (C=O) groups is 1. The van der Waals surface area contributed by atoms with E-state index in [0.717, 1.165) is 4.09 Å². The maximum absolute atomic E-state index is 13.8. The molecule has 0 fully saturated rings. The second kappa shape index (κ2) is 10.2. The summed E-state index contributed by atoms with van der Waals surface area (Å²) in [5.74, 6) is -0.329. The Labute approximate surface area is 199 Å². The molecule has 4 rings (SSSR count). The van der Waals surface area contributed by atoms with Crippen LogP contribution in [0.4, 0.5) is 8.28 Å². The molecule has 1 amide bonds. The number of pyridine rings is 1. The second-order valence-corrected chi connectivity index (χ2v) is 8.01. The predicted molar refractivity (Wildman–Crippen MR) is 127 cm³/mol. The number of aromatic nitrogens is 3. The first-order valence-electron chi connectivity index (χ1n) is 10.5. The first-order chi connectivity index (χ1) is 16.5. The Hall–Kier alpha value is -3.50. The van der Waals surface area contributed by atoms with E-state index in [9.17, 15) is 18.2 Å². The number of aliphatic hydroxyl groups excluding tert-OH is 1. The molecule has 176 valence electrons. The Kier molecular flexibility index (Phi) is 7.09. The van der Waals surface area contributed by atoms with Crippen molar-refractivity contribution < 1.29 is 22.9 Å². The summed E-state index contributed by atoms with van der Waals surface area (Å²) in [4.78, 5) is 18.9. The van der Waals surface area contributed by atoms with Gasteiger partial charge in [-0.15, -0.1) is 3.89 Å². The lowest BCUT2D eigenvalue weighted by atomic mass is 10.0. The molecule has 0 saturated heterocycles. The molecule has 7 nitrogen and oxygen atoms in total. The fourth-order valence-electron chi connectivity index (χ4n) is 3.87. The number of hydrogen-bond acceptors (Lipinski definition) is 6. The predicted octanol–water partition coefficient (Wildman–Crippen LogP) is 4.82. The number of aliphatic hydroxyl groups is 1. The molecule has 1 N–H and O–H groups in total. The van der Waals surface area contributed by atoms with E-state index >= 15 is 0 Å². The van der Waals surface area contributed by atoms with Gasteiger partial charge in [0.05, 0.1) is 31.0 Å². The molecule has 2 heterocycles. The molecule has 1 atom stereocenters. The van der Waals surface area contributed by atoms with Gasteiger partial charge in [-0.25, -0.2) is 4.39 Å². The summed E-state index contributed by atoms with van der Waals surface area (Å²) in [5, 5.41) is 14.7. The number of carbonyl (C=O) groups excluding carboxylic acids is 1. The number of halogens is 2. The molecule has 0 aliphatic rings. The van der Waals surface area contributed by atoms with E-state index in [1.54, 1.807) is 37.4 Å². The van der Waals surface area contributed by atoms with Gasteiger partial charge in [-0.3, -0.25) is 9.78 Å². The highest BCUT2D eigenvalue weighted by Crippen LogP contribution is 2.34. The lowest BCUT2D eigenvalue weighted by Gasteiger charge is -2.27. The average molecular weight is 485 g/mol. The summed E-state index contributed by atoms with van der Waals surface area (Å²) in [6, 6.07) is 10.2. The van der Waals surface area contributed by atoms with Crippen molar-refractivity contribution >= 4 is 29.1 Å². The smallest absolute Gasteiger partial charge is 0.254 e. The summed E-state index contributed by atoms with van der Waals surface area (Å²) in [7, 11) is 1.55. The number of likely N-dealkylation sites (N-methyl/N-ethyl adjacent to an activating group) is 1. The van der Waals surface area contributed by atoms with Gasteiger partial charge in [-0.2, -0.15) is 9.19 Å². The van der Waals surface area contributed by atoms with Crippen LogP contribution in [0.3, 0.4) is 0 Å². The monoisotopic (exact) mass is 484 g/mol. The van der Waals surface area contributed by atoms with Crippen molar-refractivity contribution in [2.24, 2.45) is 0 Å². The van der Waals surface area contributed by atoms with Crippen LogP contribution in [-0.4, -0.2) is 50.3 Å². The van der Waals surface area contributed by atoms with Crippen molar-refractivity contribution in [1.29, 1.82) is 0 Å². The Balaban J connectivity index is 1.70. The summed E-state index contributed by atoms with van der Waals surface area (Å²) in [5.41, 5.74) is 2.48. The first kappa shape index (κ1) is 23.7. The van der Waals surface area contributed by atoms with Gasteiger partial charge in [-0.1, -0.05) is 12.1 Å². The van der Waals surface area contributed by atoms with Crippen LogP contribution in [0, 0.1) is 5.82 Å². The molecule has 0 aliphatic carbocycles. The van der Waals surface area contributed by atoms with Gasteiger partial charge in [0.25, 0.3) is 5.91 Å². The minimum atomic E-state index is -0.801. The van der Waals surface area contributed by atoms with E-state index in [0.29, 0.717) is 45.5 Å². The molecular formula is C24H22F2N4O3S. The molecule has 0 bridgehead atoms. The zero-order chi connectivity index (χ0) is 24.2. The van der Waals surface area contributed by atoms with E-state index in [4.69, 9.17) is 4.74 Å². The van der Waals surface area contributed by atoms with Gasteiger partial charge in [0.15, 0.2) is 12.3 Å². The number of hydrogen-bond donors (Lipinski definition) is 1. The van der Waals surface area contributed by atoms with Crippen LogP contribution in [-0.2, 0) is 0 Å². The number of ether oxygens (including phenoxy) is 1. The van der Waals surface area contributed by atoms with Gasteiger partial charge in [0, 0.05) is 41.5 Å². The van der Waals surface area contributed by atoms with Crippen LogP contribution in [0.25, 0.3) is 22.0 Å². The van der Waals surface area contributed by atoms with Crippen molar-refractivity contribution in [1.82, 2.24) is 19.1 Å². The summed E-state index contributed by atoms with van der Waals surface area (Å²) in [6.07, 6.45) is 4.49. The number of rotatable bonds is 8. The molecule has 4 aromatic rings. The fourth-order valence-corrected chi connectivity index (χ4v) is 4.23. The molecule has 34 heavy (non-hydrogen) atoms. The van der Waals surface area contributed by atoms with E-state index in [2.05, 4.69) is 10.1 Å². The molecule has 0 spiro atoms. The van der Waals surface area contributed by atoms with Crippen molar-refractivity contribution in [2.75, 3.05) is 20.3 Å². The zero-order valence-electron chi connectivity index (χ0n) is 18.5. The van der Waals surface area contributed by atoms with Crippen LogP contribution < -0.4 is 4.74 Å². The lowest BCUT2D eigenvalue weighted by Crippen LogP contribution is -2.33. The molecule has 2 aromatic heterocycles. The highest BCUT2D eigenvalue weighted by atomic mass is 32.2. The Morgan fingerprint density at radius 2 is 2.06 bits per heavy atom. The normalized spacial score (nSPS) is 12.0. The number of nitrogens with zero attached hydrogens (tertiary/aromatic N) is 4. The highest BCUT2D eigenvalue weighted by Gasteiger charge is 2.26. The van der Waals surface area contributed by atoms with Crippen LogP contribution in [0.1, 0.15) is 28.9 Å². The van der Waals surface area contributed by atoms with Crippen molar-refractivity contribution in [3.05, 3.63) is 78.0 Å². The van der Waals surface area contributed by atoms with Gasteiger partial charge < -0.3 is 14.7 Å². The highest BCUT2D eigenvalue weighted by molar-refractivity contribution is 7.92. The van der Waals surface area contributed by atoms with E-state index < -0.39 is 12.6 Å². The first-order valence-corrected chi connectivity index (χ1v) is 11.2. The minimum Gasteiger partial charge on any atom is -0.493 e. The standard InChI is InChI=1S/C24H22F2N4O3S/c1-3-33-22-10-16(7-8-19(22)15-5-4-6-18(25)9-15)24(32)29(2)21(14-31)20-13-27-11-17-12-28-30(34-26)23(17)20/h4-13,21,31H,3,14H2,1-2H3. The third-order valence-corrected chi connectivity index (χ3v) is 5.92. The maximum Gasteiger partial charge on any atom is 0.254 e. The average Bonchev–Trinajstić information content (AvgIpc) is 3.28. The molecule has 0 aliphatic heterocycles. The Bertz CT molecular complexity index is 1330. The third kappa shape index (κ3) is 4.46. The molecule has 1 unspecified atom stereocenters. The van der Waals surface area contributed by atoms with Crippen molar-refractivity contribution in [3.8, 4) is 16.9 Å². The lowest BCUT2D eigenvalue weighted by molar-refractivity contribution is 0.0659. The van der Waals surface area contributed by atoms with Gasteiger partial charge >= 0.3 is 0 Å². The SMILES string of the molecule is CCOc1cc(C(=O)N(C)C(CO)c2cncc3cnn(SF)c23)ccc1-c1cccc(F)c1. The topological polar surface area (TPSA) is 80.5 Å². The number of benzene rings is 2. The molecular weight excluding hydrogens is 462 g/mol. The quantitative estimate of drug-likeness (QED) is 0.386. The van der Waals surface area contributed by atoms with E-state index in [-0.39, 0.29) is 24.1 Å². The second-order valence-electron chi connectivity index (χ2n) is 7.52. The molecule has 2 aromatic carbocycles. The molecule has 0 saturated carbocycles. The zero-order valence-corrected chi connectivity index (χ0v) is 19.3. The molecule has 0 radical (unpaired) electrons. The van der Waals surface area contributed by atoms with E-state index in [1.807, 2.05) is 6.92 Å². The maximum atomic E-state index is 13.8.